The average Bonchev–Trinajstić information content (AvgIpc) is 2.45. The van der Waals surface area contributed by atoms with Crippen LogP contribution in [-0.2, 0) is 4.74 Å². The maximum Gasteiger partial charge on any atom is 0.116 e. The van der Waals surface area contributed by atoms with E-state index in [1.807, 2.05) is 12.1 Å². The van der Waals surface area contributed by atoms with Crippen molar-refractivity contribution in [2.24, 2.45) is 5.92 Å². The molecule has 2 unspecified atom stereocenters. The standard InChI is InChI=1S/C18H22ClNO/c1-18(2)11-16(12-4-6-13(19)7-5-12)15-9-8-14(21-3)10-17(15)20-18/h4-8,10,15-16,20H,9,11H2,1-3H3. The molecular formula is C18H22ClNO. The third-order valence-corrected chi connectivity index (χ3v) is 4.75. The number of hydrogen-bond acceptors (Lipinski definition) is 2. The van der Waals surface area contributed by atoms with Gasteiger partial charge in [-0.1, -0.05) is 23.7 Å². The number of benzene rings is 1. The zero-order valence-corrected chi connectivity index (χ0v) is 13.6. The Bertz CT molecular complexity index is 586. The summed E-state index contributed by atoms with van der Waals surface area (Å²) >= 11 is 6.03. The van der Waals surface area contributed by atoms with Crippen molar-refractivity contribution >= 4 is 11.6 Å². The van der Waals surface area contributed by atoms with Crippen molar-refractivity contribution < 1.29 is 4.74 Å². The minimum atomic E-state index is 0.0861. The quantitative estimate of drug-likeness (QED) is 0.860. The molecule has 3 rings (SSSR count). The molecule has 1 fully saturated rings. The number of methoxy groups -OCH3 is 1. The molecule has 0 saturated carbocycles. The van der Waals surface area contributed by atoms with E-state index >= 15 is 0 Å². The number of nitrogens with one attached hydrogen (secondary N) is 1. The molecule has 2 nitrogen and oxygen atoms in total. The normalized spacial score (nSPS) is 27.0. The lowest BCUT2D eigenvalue weighted by Gasteiger charge is -2.45. The molecule has 0 radical (unpaired) electrons. The second-order valence-corrected chi connectivity index (χ2v) is 7.06. The topological polar surface area (TPSA) is 21.3 Å². The number of piperidine rings is 1. The van der Waals surface area contributed by atoms with Gasteiger partial charge >= 0.3 is 0 Å². The highest BCUT2D eigenvalue weighted by atomic mass is 35.5. The Balaban J connectivity index is 1.95. The number of fused-ring (bicyclic) bond motifs is 1. The molecule has 1 aliphatic carbocycles. The van der Waals surface area contributed by atoms with E-state index in [4.69, 9.17) is 16.3 Å². The summed E-state index contributed by atoms with van der Waals surface area (Å²) in [6.45, 7) is 4.52. The smallest absolute Gasteiger partial charge is 0.116 e. The van der Waals surface area contributed by atoms with Crippen LogP contribution < -0.4 is 5.32 Å². The number of rotatable bonds is 2. The molecule has 1 aliphatic heterocycles. The van der Waals surface area contributed by atoms with Crippen LogP contribution in [0.2, 0.25) is 5.02 Å². The van der Waals surface area contributed by atoms with Gasteiger partial charge in [-0.15, -0.1) is 0 Å². The van der Waals surface area contributed by atoms with Gasteiger partial charge in [0.1, 0.15) is 5.76 Å². The summed E-state index contributed by atoms with van der Waals surface area (Å²) in [6.07, 6.45) is 6.48. The van der Waals surface area contributed by atoms with Gasteiger partial charge in [-0.2, -0.15) is 0 Å². The second kappa shape index (κ2) is 5.42. The second-order valence-electron chi connectivity index (χ2n) is 6.62. The van der Waals surface area contributed by atoms with Crippen LogP contribution in [0, 0.1) is 5.92 Å². The van der Waals surface area contributed by atoms with Crippen LogP contribution in [0.1, 0.15) is 38.2 Å². The minimum Gasteiger partial charge on any atom is -0.497 e. The van der Waals surface area contributed by atoms with Gasteiger partial charge in [-0.25, -0.2) is 0 Å². The maximum atomic E-state index is 6.03. The van der Waals surface area contributed by atoms with Crippen molar-refractivity contribution in [3.63, 3.8) is 0 Å². The molecular weight excluding hydrogens is 282 g/mol. The SMILES string of the molecule is COC1=CCC2C(=C1)NC(C)(C)CC2c1ccc(Cl)cc1. The Morgan fingerprint density at radius 1 is 1.19 bits per heavy atom. The van der Waals surface area contributed by atoms with Gasteiger partial charge in [0.05, 0.1) is 7.11 Å². The Morgan fingerprint density at radius 3 is 2.57 bits per heavy atom. The van der Waals surface area contributed by atoms with Crippen molar-refractivity contribution in [3.8, 4) is 0 Å². The monoisotopic (exact) mass is 303 g/mol. The van der Waals surface area contributed by atoms with Crippen LogP contribution in [0.3, 0.4) is 0 Å². The Kier molecular flexibility index (Phi) is 3.75. The van der Waals surface area contributed by atoms with Crippen molar-refractivity contribution in [3.05, 3.63) is 58.5 Å². The lowest BCUT2D eigenvalue weighted by Crippen LogP contribution is -2.48. The number of hydrogen-bond donors (Lipinski definition) is 1. The lowest BCUT2D eigenvalue weighted by molar-refractivity contribution is 0.239. The average molecular weight is 304 g/mol. The van der Waals surface area contributed by atoms with Crippen LogP contribution in [0.15, 0.2) is 47.9 Å². The summed E-state index contributed by atoms with van der Waals surface area (Å²) in [7, 11) is 1.73. The predicted octanol–water partition coefficient (Wildman–Crippen LogP) is 4.63. The van der Waals surface area contributed by atoms with Crippen LogP contribution in [0.5, 0.6) is 0 Å². The van der Waals surface area contributed by atoms with E-state index in [2.05, 4.69) is 43.4 Å². The molecule has 3 heteroatoms. The highest BCUT2D eigenvalue weighted by Gasteiger charge is 2.39. The summed E-state index contributed by atoms with van der Waals surface area (Å²) in [5.41, 5.74) is 2.76. The van der Waals surface area contributed by atoms with Crippen LogP contribution in [0.25, 0.3) is 0 Å². The molecule has 1 aromatic rings. The zero-order valence-electron chi connectivity index (χ0n) is 12.8. The fourth-order valence-electron chi connectivity index (χ4n) is 3.54. The highest BCUT2D eigenvalue weighted by Crippen LogP contribution is 2.44. The molecule has 2 atom stereocenters. The van der Waals surface area contributed by atoms with Gasteiger partial charge in [0.15, 0.2) is 0 Å². The third kappa shape index (κ3) is 2.96. The summed E-state index contributed by atoms with van der Waals surface area (Å²) in [6, 6.07) is 8.33. The lowest BCUT2D eigenvalue weighted by atomic mass is 9.70. The van der Waals surface area contributed by atoms with Gasteiger partial charge in [0, 0.05) is 22.2 Å². The minimum absolute atomic E-state index is 0.0861. The Morgan fingerprint density at radius 2 is 1.90 bits per heavy atom. The largest absolute Gasteiger partial charge is 0.497 e. The fourth-order valence-corrected chi connectivity index (χ4v) is 3.66. The van der Waals surface area contributed by atoms with Crippen molar-refractivity contribution in [1.82, 2.24) is 5.32 Å². The molecule has 1 N–H and O–H groups in total. The Labute approximate surface area is 131 Å². The molecule has 21 heavy (non-hydrogen) atoms. The summed E-state index contributed by atoms with van der Waals surface area (Å²) in [5.74, 6) is 1.97. The van der Waals surface area contributed by atoms with E-state index in [0.717, 1.165) is 23.6 Å². The highest BCUT2D eigenvalue weighted by molar-refractivity contribution is 6.30. The van der Waals surface area contributed by atoms with Crippen LogP contribution in [0.4, 0.5) is 0 Å². The number of halogens is 1. The summed E-state index contributed by atoms with van der Waals surface area (Å²) in [5, 5.41) is 4.48. The van der Waals surface area contributed by atoms with Gasteiger partial charge < -0.3 is 10.1 Å². The molecule has 0 spiro atoms. The number of allylic oxidation sites excluding steroid dienone is 3. The summed E-state index contributed by atoms with van der Waals surface area (Å²) in [4.78, 5) is 0. The van der Waals surface area contributed by atoms with E-state index in [-0.39, 0.29) is 5.54 Å². The van der Waals surface area contributed by atoms with Crippen molar-refractivity contribution in [2.45, 2.75) is 38.1 Å². The first-order valence-corrected chi connectivity index (χ1v) is 7.86. The summed E-state index contributed by atoms with van der Waals surface area (Å²) < 4.78 is 5.39. The van der Waals surface area contributed by atoms with Gasteiger partial charge in [0.25, 0.3) is 0 Å². The Hall–Kier alpha value is -1.41. The predicted molar refractivity (Wildman–Crippen MR) is 87.3 cm³/mol. The number of ether oxygens (including phenoxy) is 1. The molecule has 0 bridgehead atoms. The van der Waals surface area contributed by atoms with E-state index in [1.165, 1.54) is 11.3 Å². The van der Waals surface area contributed by atoms with Crippen molar-refractivity contribution in [1.29, 1.82) is 0 Å². The van der Waals surface area contributed by atoms with Crippen molar-refractivity contribution in [2.75, 3.05) is 7.11 Å². The third-order valence-electron chi connectivity index (χ3n) is 4.50. The fraction of sp³-hybridized carbons (Fsp3) is 0.444. The van der Waals surface area contributed by atoms with E-state index < -0.39 is 0 Å². The van der Waals surface area contributed by atoms with E-state index in [1.54, 1.807) is 7.11 Å². The molecule has 112 valence electrons. The zero-order chi connectivity index (χ0) is 15.0. The molecule has 1 saturated heterocycles. The van der Waals surface area contributed by atoms with E-state index in [0.29, 0.717) is 11.8 Å². The molecule has 0 amide bonds. The van der Waals surface area contributed by atoms with Gasteiger partial charge in [0.2, 0.25) is 0 Å². The molecule has 0 aromatic heterocycles. The maximum absolute atomic E-state index is 6.03. The van der Waals surface area contributed by atoms with Crippen LogP contribution in [-0.4, -0.2) is 12.6 Å². The van der Waals surface area contributed by atoms with Crippen LogP contribution >= 0.6 is 11.6 Å². The first-order valence-electron chi connectivity index (χ1n) is 7.48. The van der Waals surface area contributed by atoms with Gasteiger partial charge in [-0.3, -0.25) is 0 Å². The first kappa shape index (κ1) is 14.5. The first-order chi connectivity index (χ1) is 9.98. The molecule has 2 aliphatic rings. The molecule has 1 aromatic carbocycles. The molecule has 1 heterocycles. The van der Waals surface area contributed by atoms with E-state index in [9.17, 15) is 0 Å². The van der Waals surface area contributed by atoms with Gasteiger partial charge in [-0.05, 0) is 62.5 Å².